The Labute approximate surface area is 103 Å². The van der Waals surface area contributed by atoms with Crippen LogP contribution in [0.1, 0.15) is 48.9 Å². The van der Waals surface area contributed by atoms with E-state index in [1.54, 1.807) is 6.07 Å². The van der Waals surface area contributed by atoms with Crippen molar-refractivity contribution in [3.63, 3.8) is 0 Å². The van der Waals surface area contributed by atoms with Gasteiger partial charge in [-0.15, -0.1) is 0 Å². The first-order chi connectivity index (χ1) is 8.13. The second kappa shape index (κ2) is 7.27. The molecule has 1 unspecified atom stereocenters. The Hall–Kier alpha value is -1.10. The van der Waals surface area contributed by atoms with Crippen molar-refractivity contribution in [3.05, 3.63) is 23.7 Å². The zero-order valence-electron chi connectivity index (χ0n) is 9.98. The van der Waals surface area contributed by atoms with Gasteiger partial charge >= 0.3 is 5.97 Å². The smallest absolute Gasteiger partial charge is 0.371 e. The van der Waals surface area contributed by atoms with Crippen molar-refractivity contribution in [2.45, 2.75) is 38.4 Å². The van der Waals surface area contributed by atoms with Crippen LogP contribution in [0.4, 0.5) is 0 Å². The number of furan rings is 1. The second-order valence-electron chi connectivity index (χ2n) is 3.92. The number of carbonyl (C=O) groups is 1. The van der Waals surface area contributed by atoms with Crippen LogP contribution in [0.15, 0.2) is 16.5 Å². The van der Waals surface area contributed by atoms with Crippen molar-refractivity contribution in [1.82, 2.24) is 0 Å². The lowest BCUT2D eigenvalue weighted by molar-refractivity contribution is 0.0661. The van der Waals surface area contributed by atoms with Crippen LogP contribution in [-0.4, -0.2) is 21.0 Å². The zero-order chi connectivity index (χ0) is 12.7. The number of hydrogen-bond acceptors (Lipinski definition) is 3. The molecule has 0 aliphatic heterocycles. The third kappa shape index (κ3) is 5.17. The number of unbranched alkanes of at least 4 members (excludes halogenated alkanes) is 3. The van der Waals surface area contributed by atoms with Gasteiger partial charge in [-0.3, -0.25) is 4.21 Å². The van der Waals surface area contributed by atoms with Crippen LogP contribution in [-0.2, 0) is 16.6 Å². The zero-order valence-corrected chi connectivity index (χ0v) is 10.8. The number of rotatable bonds is 8. The SMILES string of the molecule is CCCCCCS(=O)Cc1ccc(C(=O)O)o1. The van der Waals surface area contributed by atoms with E-state index in [-0.39, 0.29) is 5.76 Å². The first-order valence-electron chi connectivity index (χ1n) is 5.80. The molecule has 1 N–H and O–H groups in total. The first kappa shape index (κ1) is 14.0. The molecule has 0 radical (unpaired) electrons. The minimum Gasteiger partial charge on any atom is -0.475 e. The molecular weight excluding hydrogens is 240 g/mol. The fraction of sp³-hybridized carbons (Fsp3) is 0.583. The van der Waals surface area contributed by atoms with E-state index in [1.165, 1.54) is 12.5 Å². The topological polar surface area (TPSA) is 67.5 Å². The summed E-state index contributed by atoms with van der Waals surface area (Å²) in [6, 6.07) is 2.97. The molecule has 0 spiro atoms. The first-order valence-corrected chi connectivity index (χ1v) is 7.29. The molecular formula is C12H18O4S. The summed E-state index contributed by atoms with van der Waals surface area (Å²) in [5.74, 6) is 0.256. The van der Waals surface area contributed by atoms with Gasteiger partial charge in [0.15, 0.2) is 0 Å². The summed E-state index contributed by atoms with van der Waals surface area (Å²) in [5.41, 5.74) is 0. The Balaban J connectivity index is 2.32. The lowest BCUT2D eigenvalue weighted by atomic mass is 10.2. The van der Waals surface area contributed by atoms with E-state index in [4.69, 9.17) is 9.52 Å². The normalized spacial score (nSPS) is 12.5. The summed E-state index contributed by atoms with van der Waals surface area (Å²) in [5, 5.41) is 8.66. The van der Waals surface area contributed by atoms with Crippen LogP contribution < -0.4 is 0 Å². The maximum atomic E-state index is 11.7. The summed E-state index contributed by atoms with van der Waals surface area (Å²) in [4.78, 5) is 10.6. The fourth-order valence-electron chi connectivity index (χ4n) is 1.49. The molecule has 0 saturated carbocycles. The molecule has 17 heavy (non-hydrogen) atoms. The molecule has 0 amide bonds. The van der Waals surface area contributed by atoms with Crippen molar-refractivity contribution < 1.29 is 18.5 Å². The third-order valence-electron chi connectivity index (χ3n) is 2.40. The molecule has 0 fully saturated rings. The summed E-state index contributed by atoms with van der Waals surface area (Å²) in [6.07, 6.45) is 4.38. The predicted molar refractivity (Wildman–Crippen MR) is 66.5 cm³/mol. The van der Waals surface area contributed by atoms with Crippen molar-refractivity contribution in [2.75, 3.05) is 5.75 Å². The van der Waals surface area contributed by atoms with E-state index in [1.807, 2.05) is 0 Å². The highest BCUT2D eigenvalue weighted by Gasteiger charge is 2.10. The Morgan fingerprint density at radius 1 is 1.35 bits per heavy atom. The minimum atomic E-state index is -1.09. The molecule has 0 aromatic carbocycles. The molecule has 1 aromatic heterocycles. The van der Waals surface area contributed by atoms with Gasteiger partial charge in [-0.2, -0.15) is 0 Å². The maximum Gasteiger partial charge on any atom is 0.371 e. The summed E-state index contributed by atoms with van der Waals surface area (Å²) < 4.78 is 16.7. The molecule has 1 atom stereocenters. The van der Waals surface area contributed by atoms with Crippen molar-refractivity contribution in [1.29, 1.82) is 0 Å². The molecule has 96 valence electrons. The maximum absolute atomic E-state index is 11.7. The van der Waals surface area contributed by atoms with E-state index in [9.17, 15) is 9.00 Å². The van der Waals surface area contributed by atoms with Gasteiger partial charge < -0.3 is 9.52 Å². The highest BCUT2D eigenvalue weighted by molar-refractivity contribution is 7.84. The second-order valence-corrected chi connectivity index (χ2v) is 5.50. The van der Waals surface area contributed by atoms with Gasteiger partial charge in [0.2, 0.25) is 5.76 Å². The predicted octanol–water partition coefficient (Wildman–Crippen LogP) is 2.81. The molecule has 4 nitrogen and oxygen atoms in total. The largest absolute Gasteiger partial charge is 0.475 e. The minimum absolute atomic E-state index is 0.0945. The Morgan fingerprint density at radius 2 is 2.12 bits per heavy atom. The van der Waals surface area contributed by atoms with Crippen molar-refractivity contribution in [2.24, 2.45) is 0 Å². The van der Waals surface area contributed by atoms with Crippen LogP contribution >= 0.6 is 0 Å². The van der Waals surface area contributed by atoms with Gasteiger partial charge in [0, 0.05) is 16.6 Å². The van der Waals surface area contributed by atoms with E-state index in [0.29, 0.717) is 17.3 Å². The van der Waals surface area contributed by atoms with Crippen LogP contribution in [0.2, 0.25) is 0 Å². The van der Waals surface area contributed by atoms with E-state index < -0.39 is 16.8 Å². The van der Waals surface area contributed by atoms with Crippen LogP contribution in [0.5, 0.6) is 0 Å². The number of hydrogen-bond donors (Lipinski definition) is 1. The molecule has 0 aliphatic rings. The molecule has 0 aliphatic carbocycles. The fourth-order valence-corrected chi connectivity index (χ4v) is 2.63. The van der Waals surface area contributed by atoms with Crippen molar-refractivity contribution >= 4 is 16.8 Å². The van der Waals surface area contributed by atoms with E-state index >= 15 is 0 Å². The van der Waals surface area contributed by atoms with Gasteiger partial charge in [-0.25, -0.2) is 4.79 Å². The monoisotopic (exact) mass is 258 g/mol. The molecule has 1 rings (SSSR count). The molecule has 0 saturated heterocycles. The molecule has 0 bridgehead atoms. The Bertz CT molecular complexity index is 384. The Kier molecular flexibility index (Phi) is 5.97. The van der Waals surface area contributed by atoms with Crippen LogP contribution in [0, 0.1) is 0 Å². The van der Waals surface area contributed by atoms with Gasteiger partial charge in [0.05, 0.1) is 5.75 Å². The van der Waals surface area contributed by atoms with Crippen LogP contribution in [0.25, 0.3) is 0 Å². The van der Waals surface area contributed by atoms with Gasteiger partial charge in [-0.1, -0.05) is 26.2 Å². The summed E-state index contributed by atoms with van der Waals surface area (Å²) >= 11 is 0. The average Bonchev–Trinajstić information content (AvgIpc) is 2.73. The van der Waals surface area contributed by atoms with Crippen LogP contribution in [0.3, 0.4) is 0 Å². The molecule has 1 heterocycles. The number of carboxylic acids is 1. The van der Waals surface area contributed by atoms with Crippen molar-refractivity contribution in [3.8, 4) is 0 Å². The van der Waals surface area contributed by atoms with Gasteiger partial charge in [0.25, 0.3) is 0 Å². The summed E-state index contributed by atoms with van der Waals surface area (Å²) in [7, 11) is -0.961. The average molecular weight is 258 g/mol. The Morgan fingerprint density at radius 3 is 2.71 bits per heavy atom. The van der Waals surface area contributed by atoms with Gasteiger partial charge in [-0.05, 0) is 18.6 Å². The third-order valence-corrected chi connectivity index (χ3v) is 3.75. The van der Waals surface area contributed by atoms with E-state index in [2.05, 4.69) is 6.92 Å². The number of aromatic carboxylic acids is 1. The standard InChI is InChI=1S/C12H18O4S/c1-2-3-4-5-8-17(15)9-10-6-7-11(16-10)12(13)14/h6-7H,2-5,8-9H2,1H3,(H,13,14). The quantitative estimate of drug-likeness (QED) is 0.728. The number of carboxylic acid groups (broad SMARTS) is 1. The van der Waals surface area contributed by atoms with E-state index in [0.717, 1.165) is 19.3 Å². The highest BCUT2D eigenvalue weighted by Crippen LogP contribution is 2.11. The highest BCUT2D eigenvalue weighted by atomic mass is 32.2. The lowest BCUT2D eigenvalue weighted by Crippen LogP contribution is -2.00. The lowest BCUT2D eigenvalue weighted by Gasteiger charge is -1.99. The van der Waals surface area contributed by atoms with Gasteiger partial charge in [0.1, 0.15) is 5.76 Å². The molecule has 1 aromatic rings. The molecule has 5 heteroatoms. The summed E-state index contributed by atoms with van der Waals surface area (Å²) in [6.45, 7) is 2.13.